The highest BCUT2D eigenvalue weighted by Gasteiger charge is 2.38. The van der Waals surface area contributed by atoms with Gasteiger partial charge >= 0.3 is 0 Å². The van der Waals surface area contributed by atoms with Gasteiger partial charge in [0.1, 0.15) is 11.4 Å². The van der Waals surface area contributed by atoms with Gasteiger partial charge in [-0.1, -0.05) is 6.07 Å². The molecule has 2 aromatic heterocycles. The summed E-state index contributed by atoms with van der Waals surface area (Å²) in [4.78, 5) is 28.4. The minimum absolute atomic E-state index is 0.0234. The minimum atomic E-state index is -0.920. The Balaban J connectivity index is 1.51. The predicted molar refractivity (Wildman–Crippen MR) is 94.0 cm³/mol. The van der Waals surface area contributed by atoms with Gasteiger partial charge in [-0.15, -0.1) is 0 Å². The zero-order chi connectivity index (χ0) is 17.7. The third kappa shape index (κ3) is 4.51. The molecule has 1 fully saturated rings. The van der Waals surface area contributed by atoms with Crippen LogP contribution in [0.1, 0.15) is 18.4 Å². The summed E-state index contributed by atoms with van der Waals surface area (Å²) in [5, 5.41) is 10.8. The molecule has 3 heterocycles. The van der Waals surface area contributed by atoms with Gasteiger partial charge < -0.3 is 14.9 Å². The summed E-state index contributed by atoms with van der Waals surface area (Å²) in [6.45, 7) is 1.47. The number of hydrogen-bond donors (Lipinski definition) is 1. The van der Waals surface area contributed by atoms with Crippen LogP contribution in [0, 0.1) is 0 Å². The number of amides is 1. The SMILES string of the molecule is CN(C[C@]1(O)CCN(c2cnccn2)C1)C(=O)CCc1cccnc1. The molecule has 0 aliphatic carbocycles. The molecule has 7 heteroatoms. The van der Waals surface area contributed by atoms with E-state index in [2.05, 4.69) is 15.0 Å². The number of β-amino-alcohol motifs (C(OH)–C–C–N with tert-alkyl or cyclic N) is 1. The van der Waals surface area contributed by atoms with E-state index in [0.29, 0.717) is 38.9 Å². The Bertz CT molecular complexity index is 697. The van der Waals surface area contributed by atoms with Gasteiger partial charge in [-0.2, -0.15) is 0 Å². The molecule has 1 amide bonds. The number of carbonyl (C=O) groups excluding carboxylic acids is 1. The summed E-state index contributed by atoms with van der Waals surface area (Å²) < 4.78 is 0. The van der Waals surface area contributed by atoms with Crippen molar-refractivity contribution in [1.29, 1.82) is 0 Å². The number of likely N-dealkylation sites (N-methyl/N-ethyl adjacent to an activating group) is 1. The lowest BCUT2D eigenvalue weighted by molar-refractivity contribution is -0.132. The van der Waals surface area contributed by atoms with Crippen LogP contribution < -0.4 is 4.90 Å². The molecule has 1 aliphatic rings. The molecular weight excluding hydrogens is 318 g/mol. The maximum Gasteiger partial charge on any atom is 0.222 e. The first kappa shape index (κ1) is 17.3. The minimum Gasteiger partial charge on any atom is -0.386 e. The molecule has 1 N–H and O–H groups in total. The fraction of sp³-hybridized carbons (Fsp3) is 0.444. The van der Waals surface area contributed by atoms with E-state index in [1.165, 1.54) is 0 Å². The maximum absolute atomic E-state index is 12.4. The standard InChI is InChI=1S/C18H23N5O2/c1-22(17(24)5-4-15-3-2-7-19-11-15)13-18(25)6-10-23(14-18)16-12-20-8-9-21-16/h2-3,7-9,11-12,25H,4-6,10,13-14H2,1H3/t18-/m1/s1. The highest BCUT2D eigenvalue weighted by molar-refractivity contribution is 5.76. The Morgan fingerprint density at radius 3 is 2.88 bits per heavy atom. The lowest BCUT2D eigenvalue weighted by atomic mass is 10.0. The van der Waals surface area contributed by atoms with Crippen LogP contribution in [0.15, 0.2) is 43.1 Å². The molecule has 0 saturated carbocycles. The average Bonchev–Trinajstić information content (AvgIpc) is 3.03. The first-order chi connectivity index (χ1) is 12.1. The fourth-order valence-corrected chi connectivity index (χ4v) is 3.15. The number of aryl methyl sites for hydroxylation is 1. The number of aliphatic hydroxyl groups is 1. The third-order valence-electron chi connectivity index (χ3n) is 4.51. The Labute approximate surface area is 147 Å². The molecular formula is C18H23N5O2. The number of anilines is 1. The normalized spacial score (nSPS) is 19.8. The topological polar surface area (TPSA) is 82.5 Å². The van der Waals surface area contributed by atoms with E-state index in [9.17, 15) is 9.90 Å². The van der Waals surface area contributed by atoms with E-state index in [-0.39, 0.29) is 5.91 Å². The number of aromatic nitrogens is 3. The van der Waals surface area contributed by atoms with Crippen molar-refractivity contribution in [3.05, 3.63) is 48.7 Å². The van der Waals surface area contributed by atoms with Gasteiger partial charge in [0.15, 0.2) is 0 Å². The molecule has 1 saturated heterocycles. The predicted octanol–water partition coefficient (Wildman–Crippen LogP) is 0.904. The summed E-state index contributed by atoms with van der Waals surface area (Å²) in [6.07, 6.45) is 10.1. The first-order valence-electron chi connectivity index (χ1n) is 8.42. The zero-order valence-corrected chi connectivity index (χ0v) is 14.4. The van der Waals surface area contributed by atoms with Gasteiger partial charge in [0, 0.05) is 51.3 Å². The van der Waals surface area contributed by atoms with Crippen LogP contribution in [0.2, 0.25) is 0 Å². The van der Waals surface area contributed by atoms with Crippen molar-refractivity contribution in [1.82, 2.24) is 19.9 Å². The smallest absolute Gasteiger partial charge is 0.222 e. The summed E-state index contributed by atoms with van der Waals surface area (Å²) in [6, 6.07) is 3.83. The second-order valence-electron chi connectivity index (χ2n) is 6.57. The molecule has 0 bridgehead atoms. The molecule has 3 rings (SSSR count). The van der Waals surface area contributed by atoms with Crippen molar-refractivity contribution in [3.63, 3.8) is 0 Å². The quantitative estimate of drug-likeness (QED) is 0.841. The molecule has 132 valence electrons. The molecule has 1 aliphatic heterocycles. The monoisotopic (exact) mass is 341 g/mol. The van der Waals surface area contributed by atoms with Crippen LogP contribution in [0.3, 0.4) is 0 Å². The third-order valence-corrected chi connectivity index (χ3v) is 4.51. The number of pyridine rings is 1. The van der Waals surface area contributed by atoms with Gasteiger partial charge in [-0.3, -0.25) is 14.8 Å². The van der Waals surface area contributed by atoms with E-state index in [1.54, 1.807) is 42.9 Å². The van der Waals surface area contributed by atoms with Crippen molar-refractivity contribution in [3.8, 4) is 0 Å². The molecule has 0 unspecified atom stereocenters. The van der Waals surface area contributed by atoms with Crippen molar-refractivity contribution in [2.24, 2.45) is 0 Å². The van der Waals surface area contributed by atoms with E-state index in [4.69, 9.17) is 0 Å². The Morgan fingerprint density at radius 2 is 2.16 bits per heavy atom. The number of nitrogens with zero attached hydrogens (tertiary/aromatic N) is 5. The number of carbonyl (C=O) groups is 1. The molecule has 25 heavy (non-hydrogen) atoms. The van der Waals surface area contributed by atoms with Gasteiger partial charge in [0.2, 0.25) is 5.91 Å². The highest BCUT2D eigenvalue weighted by Crippen LogP contribution is 2.25. The van der Waals surface area contributed by atoms with Crippen LogP contribution in [-0.2, 0) is 11.2 Å². The lowest BCUT2D eigenvalue weighted by Crippen LogP contribution is -2.46. The van der Waals surface area contributed by atoms with Crippen LogP contribution in [0.4, 0.5) is 5.82 Å². The van der Waals surface area contributed by atoms with Crippen LogP contribution >= 0.6 is 0 Å². The van der Waals surface area contributed by atoms with Crippen LogP contribution in [-0.4, -0.2) is 63.1 Å². The van der Waals surface area contributed by atoms with Crippen LogP contribution in [0.25, 0.3) is 0 Å². The Morgan fingerprint density at radius 1 is 1.32 bits per heavy atom. The number of rotatable bonds is 6. The second kappa shape index (κ2) is 7.57. The molecule has 2 aromatic rings. The number of hydrogen-bond acceptors (Lipinski definition) is 6. The van der Waals surface area contributed by atoms with E-state index in [0.717, 1.165) is 11.4 Å². The van der Waals surface area contributed by atoms with Crippen molar-refractivity contribution >= 4 is 11.7 Å². The van der Waals surface area contributed by atoms with E-state index >= 15 is 0 Å². The van der Waals surface area contributed by atoms with E-state index in [1.807, 2.05) is 17.0 Å². The van der Waals surface area contributed by atoms with Crippen molar-refractivity contribution in [2.75, 3.05) is 31.6 Å². The van der Waals surface area contributed by atoms with Gasteiger partial charge in [0.05, 0.1) is 12.7 Å². The fourth-order valence-electron chi connectivity index (χ4n) is 3.15. The maximum atomic E-state index is 12.4. The molecule has 0 aromatic carbocycles. The molecule has 0 radical (unpaired) electrons. The van der Waals surface area contributed by atoms with Gasteiger partial charge in [0.25, 0.3) is 0 Å². The molecule has 1 atom stereocenters. The molecule has 7 nitrogen and oxygen atoms in total. The molecule has 0 spiro atoms. The summed E-state index contributed by atoms with van der Waals surface area (Å²) in [7, 11) is 1.74. The second-order valence-corrected chi connectivity index (χ2v) is 6.57. The lowest BCUT2D eigenvalue weighted by Gasteiger charge is -2.29. The summed E-state index contributed by atoms with van der Waals surface area (Å²) in [5.41, 5.74) is 0.119. The summed E-state index contributed by atoms with van der Waals surface area (Å²) in [5.74, 6) is 0.777. The highest BCUT2D eigenvalue weighted by atomic mass is 16.3. The zero-order valence-electron chi connectivity index (χ0n) is 14.4. The van der Waals surface area contributed by atoms with Crippen LogP contribution in [0.5, 0.6) is 0 Å². The summed E-state index contributed by atoms with van der Waals surface area (Å²) >= 11 is 0. The van der Waals surface area contributed by atoms with Gasteiger partial charge in [-0.25, -0.2) is 4.98 Å². The van der Waals surface area contributed by atoms with E-state index < -0.39 is 5.60 Å². The first-order valence-corrected chi connectivity index (χ1v) is 8.42. The Kier molecular flexibility index (Phi) is 5.23. The van der Waals surface area contributed by atoms with Crippen molar-refractivity contribution < 1.29 is 9.90 Å². The van der Waals surface area contributed by atoms with Gasteiger partial charge in [-0.05, 0) is 24.5 Å². The largest absolute Gasteiger partial charge is 0.386 e. The Hall–Kier alpha value is -2.54. The average molecular weight is 341 g/mol. The van der Waals surface area contributed by atoms with Crippen molar-refractivity contribution in [2.45, 2.75) is 24.9 Å².